The number of hydrogen-bond acceptors (Lipinski definition) is 2. The van der Waals surface area contributed by atoms with Crippen molar-refractivity contribution in [2.45, 2.75) is 34.1 Å². The fourth-order valence-corrected chi connectivity index (χ4v) is 0.977. The van der Waals surface area contributed by atoms with Gasteiger partial charge in [0.2, 0.25) is 0 Å². The topological polar surface area (TPSA) is 24.9 Å². The zero-order valence-electron chi connectivity index (χ0n) is 10.1. The van der Waals surface area contributed by atoms with Crippen LogP contribution in [0.3, 0.4) is 0 Å². The number of anilines is 1. The molecule has 0 unspecified atom stereocenters. The Morgan fingerprint density at radius 2 is 2.07 bits per heavy atom. The molecule has 2 nitrogen and oxygen atoms in total. The number of pyridine rings is 1. The highest BCUT2D eigenvalue weighted by atomic mass is 15.0. The first-order valence-corrected chi connectivity index (χ1v) is 5.55. The molecular formula is C13H20N2. The van der Waals surface area contributed by atoms with E-state index in [-0.39, 0.29) is 0 Å². The Bertz CT molecular complexity index is 321. The van der Waals surface area contributed by atoms with Gasteiger partial charge in [0.25, 0.3) is 0 Å². The number of rotatable bonds is 2. The molecule has 0 saturated heterocycles. The van der Waals surface area contributed by atoms with E-state index in [9.17, 15) is 0 Å². The minimum atomic E-state index is 0.887. The van der Waals surface area contributed by atoms with Crippen molar-refractivity contribution in [3.63, 3.8) is 0 Å². The van der Waals surface area contributed by atoms with Gasteiger partial charge >= 0.3 is 0 Å². The van der Waals surface area contributed by atoms with Crippen LogP contribution in [0.4, 0.5) is 5.82 Å². The lowest BCUT2D eigenvalue weighted by Gasteiger charge is -2.00. The monoisotopic (exact) mass is 204 g/mol. The average Bonchev–Trinajstić information content (AvgIpc) is 2.30. The largest absolute Gasteiger partial charge is 0.370 e. The lowest BCUT2D eigenvalue weighted by Crippen LogP contribution is -1.98. The molecule has 1 rings (SSSR count). The van der Waals surface area contributed by atoms with Crippen molar-refractivity contribution in [2.24, 2.45) is 0 Å². The normalized spacial score (nSPS) is 8.00. The van der Waals surface area contributed by atoms with Crippen molar-refractivity contribution < 1.29 is 0 Å². The van der Waals surface area contributed by atoms with Gasteiger partial charge in [0.15, 0.2) is 0 Å². The van der Waals surface area contributed by atoms with Crippen molar-refractivity contribution in [3.05, 3.63) is 23.9 Å². The maximum atomic E-state index is 4.16. The van der Waals surface area contributed by atoms with Gasteiger partial charge in [0.05, 0.1) is 0 Å². The molecule has 0 aliphatic carbocycles. The van der Waals surface area contributed by atoms with Crippen LogP contribution in [-0.2, 0) is 0 Å². The van der Waals surface area contributed by atoms with E-state index in [4.69, 9.17) is 0 Å². The van der Waals surface area contributed by atoms with E-state index in [2.05, 4.69) is 22.1 Å². The SMILES string of the molecule is CC.CCC#Cc1ccnc(NCC)c1. The minimum absolute atomic E-state index is 0.887. The van der Waals surface area contributed by atoms with Crippen molar-refractivity contribution in [3.8, 4) is 11.8 Å². The number of nitrogens with one attached hydrogen (secondary N) is 1. The van der Waals surface area contributed by atoms with Crippen molar-refractivity contribution >= 4 is 5.82 Å². The third kappa shape index (κ3) is 5.74. The van der Waals surface area contributed by atoms with Gasteiger partial charge in [0, 0.05) is 24.7 Å². The predicted molar refractivity (Wildman–Crippen MR) is 66.9 cm³/mol. The molecule has 1 aromatic rings. The quantitative estimate of drug-likeness (QED) is 0.748. The third-order valence-electron chi connectivity index (χ3n) is 1.53. The van der Waals surface area contributed by atoms with Crippen LogP contribution in [-0.4, -0.2) is 11.5 Å². The van der Waals surface area contributed by atoms with Crippen LogP contribution in [0.2, 0.25) is 0 Å². The lowest BCUT2D eigenvalue weighted by atomic mass is 10.2. The molecule has 1 heterocycles. The molecule has 0 bridgehead atoms. The predicted octanol–water partition coefficient (Wildman–Crippen LogP) is 3.30. The highest BCUT2D eigenvalue weighted by Gasteiger charge is 1.91. The van der Waals surface area contributed by atoms with Crippen molar-refractivity contribution in [2.75, 3.05) is 11.9 Å². The first kappa shape index (κ1) is 13.5. The summed E-state index contributed by atoms with van der Waals surface area (Å²) in [5, 5.41) is 3.15. The summed E-state index contributed by atoms with van der Waals surface area (Å²) in [4.78, 5) is 4.16. The average molecular weight is 204 g/mol. The van der Waals surface area contributed by atoms with Gasteiger partial charge in [-0.2, -0.15) is 0 Å². The minimum Gasteiger partial charge on any atom is -0.370 e. The van der Waals surface area contributed by atoms with E-state index in [1.807, 2.05) is 39.8 Å². The summed E-state index contributed by atoms with van der Waals surface area (Å²) >= 11 is 0. The van der Waals surface area contributed by atoms with Gasteiger partial charge in [-0.25, -0.2) is 4.98 Å². The van der Waals surface area contributed by atoms with E-state index in [1.165, 1.54) is 0 Å². The number of nitrogens with zero attached hydrogens (tertiary/aromatic N) is 1. The van der Waals surface area contributed by atoms with E-state index in [0.29, 0.717) is 0 Å². The summed E-state index contributed by atoms with van der Waals surface area (Å²) in [6, 6.07) is 3.88. The summed E-state index contributed by atoms with van der Waals surface area (Å²) in [6.07, 6.45) is 2.66. The third-order valence-corrected chi connectivity index (χ3v) is 1.53. The Morgan fingerprint density at radius 1 is 1.33 bits per heavy atom. The molecule has 0 aliphatic heterocycles. The van der Waals surface area contributed by atoms with Gasteiger partial charge in [0.1, 0.15) is 5.82 Å². The Balaban J connectivity index is 0.000000921. The molecule has 0 amide bonds. The lowest BCUT2D eigenvalue weighted by molar-refractivity contribution is 1.16. The van der Waals surface area contributed by atoms with Crippen LogP contribution in [0.1, 0.15) is 39.7 Å². The summed E-state index contributed by atoms with van der Waals surface area (Å²) in [6.45, 7) is 8.98. The van der Waals surface area contributed by atoms with Gasteiger partial charge in [-0.05, 0) is 19.1 Å². The van der Waals surface area contributed by atoms with Crippen molar-refractivity contribution in [1.29, 1.82) is 0 Å². The smallest absolute Gasteiger partial charge is 0.127 e. The highest BCUT2D eigenvalue weighted by molar-refractivity contribution is 5.44. The zero-order valence-corrected chi connectivity index (χ0v) is 10.1. The van der Waals surface area contributed by atoms with Gasteiger partial charge in [-0.1, -0.05) is 32.6 Å². The summed E-state index contributed by atoms with van der Waals surface area (Å²) in [7, 11) is 0. The molecule has 0 radical (unpaired) electrons. The van der Waals surface area contributed by atoms with E-state index >= 15 is 0 Å². The molecule has 0 aliphatic rings. The summed E-state index contributed by atoms with van der Waals surface area (Å²) in [5.74, 6) is 6.99. The molecule has 0 fully saturated rings. The maximum Gasteiger partial charge on any atom is 0.127 e. The standard InChI is InChI=1S/C11H14N2.C2H6/c1-3-5-6-10-7-8-13-11(9-10)12-4-2;1-2/h7-9H,3-4H2,1-2H3,(H,12,13);1-2H3. The molecule has 0 saturated carbocycles. The second-order valence-electron chi connectivity index (χ2n) is 2.62. The number of aromatic nitrogens is 1. The first-order chi connectivity index (χ1) is 7.36. The molecule has 82 valence electrons. The van der Waals surface area contributed by atoms with E-state index < -0.39 is 0 Å². The van der Waals surface area contributed by atoms with Crippen LogP contribution in [0, 0.1) is 11.8 Å². The second-order valence-corrected chi connectivity index (χ2v) is 2.62. The van der Waals surface area contributed by atoms with Crippen LogP contribution in [0.25, 0.3) is 0 Å². The molecule has 1 N–H and O–H groups in total. The molecule has 0 spiro atoms. The second kappa shape index (κ2) is 9.08. The Labute approximate surface area is 93.1 Å². The molecule has 15 heavy (non-hydrogen) atoms. The molecule has 1 aromatic heterocycles. The Kier molecular flexibility index (Phi) is 8.18. The van der Waals surface area contributed by atoms with Gasteiger partial charge in [-0.15, -0.1) is 0 Å². The van der Waals surface area contributed by atoms with Crippen molar-refractivity contribution in [1.82, 2.24) is 4.98 Å². The van der Waals surface area contributed by atoms with Crippen LogP contribution in [0.15, 0.2) is 18.3 Å². The van der Waals surface area contributed by atoms with Gasteiger partial charge in [-0.3, -0.25) is 0 Å². The zero-order chi connectivity index (χ0) is 11.5. The Hall–Kier alpha value is -1.49. The highest BCUT2D eigenvalue weighted by Crippen LogP contribution is 2.04. The molecular weight excluding hydrogens is 184 g/mol. The van der Waals surface area contributed by atoms with E-state index in [0.717, 1.165) is 24.3 Å². The summed E-state index contributed by atoms with van der Waals surface area (Å²) in [5.41, 5.74) is 1.02. The van der Waals surface area contributed by atoms with Crippen LogP contribution < -0.4 is 5.32 Å². The Morgan fingerprint density at radius 3 is 2.67 bits per heavy atom. The summed E-state index contributed by atoms with van der Waals surface area (Å²) < 4.78 is 0. The van der Waals surface area contributed by atoms with Crippen LogP contribution in [0.5, 0.6) is 0 Å². The van der Waals surface area contributed by atoms with Crippen LogP contribution >= 0.6 is 0 Å². The first-order valence-electron chi connectivity index (χ1n) is 5.55. The maximum absolute atomic E-state index is 4.16. The molecule has 0 atom stereocenters. The molecule has 2 heteroatoms. The van der Waals surface area contributed by atoms with E-state index in [1.54, 1.807) is 6.20 Å². The molecule has 0 aromatic carbocycles. The fraction of sp³-hybridized carbons (Fsp3) is 0.462. The fourth-order valence-electron chi connectivity index (χ4n) is 0.977. The number of hydrogen-bond donors (Lipinski definition) is 1. The van der Waals surface area contributed by atoms with Gasteiger partial charge < -0.3 is 5.32 Å².